The number of hydrogen-bond donors (Lipinski definition) is 2. The second-order valence-electron chi connectivity index (χ2n) is 17.2. The molecule has 0 atom stereocenters. The lowest BCUT2D eigenvalue weighted by Crippen LogP contribution is -2.51. The molecule has 0 aliphatic carbocycles. The van der Waals surface area contributed by atoms with E-state index in [0.717, 1.165) is 0 Å². The van der Waals surface area contributed by atoms with Gasteiger partial charge in [0, 0.05) is 63.2 Å². The van der Waals surface area contributed by atoms with E-state index >= 15 is 0 Å². The van der Waals surface area contributed by atoms with Crippen molar-refractivity contribution in [2.45, 2.75) is 94.3 Å². The van der Waals surface area contributed by atoms with Crippen molar-refractivity contribution >= 4 is 35.3 Å². The molecule has 50 heavy (non-hydrogen) atoms. The summed E-state index contributed by atoms with van der Waals surface area (Å²) in [5.74, 6) is -1.58. The first-order chi connectivity index (χ1) is 22.7. The summed E-state index contributed by atoms with van der Waals surface area (Å²) < 4.78 is 10.6. The molecule has 0 radical (unpaired) electrons. The first-order valence-electron chi connectivity index (χ1n) is 17.7. The van der Waals surface area contributed by atoms with Crippen LogP contribution in [0.4, 0.5) is 0 Å². The molecule has 0 aromatic carbocycles. The number of amides is 2. The van der Waals surface area contributed by atoms with Crippen LogP contribution in [0.5, 0.6) is 0 Å². The maximum Gasteiger partial charge on any atom is 0.325 e. The second-order valence-corrected chi connectivity index (χ2v) is 17.2. The number of nitrogens with one attached hydrogen (secondary N) is 2. The van der Waals surface area contributed by atoms with E-state index in [2.05, 4.69) is 10.6 Å². The molecule has 1 rings (SSSR count). The third-order valence-corrected chi connectivity index (χ3v) is 7.77. The molecule has 288 valence electrons. The molecule has 1 heterocycles. The van der Waals surface area contributed by atoms with Crippen LogP contribution in [0.15, 0.2) is 0 Å². The molecule has 2 amide bonds. The Bertz CT molecular complexity index is 1060. The highest BCUT2D eigenvalue weighted by Gasteiger charge is 2.28. The topological polar surface area (TPSA) is 158 Å². The van der Waals surface area contributed by atoms with E-state index in [1.807, 2.05) is 61.1 Å². The van der Waals surface area contributed by atoms with Gasteiger partial charge in [0.25, 0.3) is 0 Å². The SMILES string of the molecule is CC(C)(C)OC(=O)CNC(=O)CN1CCN(CC(=O)C(C)(C)C)CCN(CC(=O)NCC(=O)OC(C)(C)C)CCN(CC(=O)C(C)(C)C)CC1. The minimum Gasteiger partial charge on any atom is -0.459 e. The number of Topliss-reactive ketones (excluding diaryl/α,β-unsaturated/α-hetero) is 2. The van der Waals surface area contributed by atoms with Crippen molar-refractivity contribution in [1.29, 1.82) is 0 Å². The van der Waals surface area contributed by atoms with Crippen LogP contribution >= 0.6 is 0 Å². The Hall–Kier alpha value is -2.94. The Morgan fingerprint density at radius 1 is 0.440 bits per heavy atom. The number of ether oxygens (including phenoxy) is 2. The van der Waals surface area contributed by atoms with Crippen LogP contribution in [0.2, 0.25) is 0 Å². The average molecular weight is 711 g/mol. The number of ketones is 2. The fraction of sp³-hybridized carbons (Fsp3) is 0.833. The lowest BCUT2D eigenvalue weighted by atomic mass is 9.90. The fourth-order valence-electron chi connectivity index (χ4n) is 4.71. The van der Waals surface area contributed by atoms with Crippen molar-refractivity contribution in [2.75, 3.05) is 91.6 Å². The van der Waals surface area contributed by atoms with E-state index in [-0.39, 0.29) is 62.6 Å². The fourth-order valence-corrected chi connectivity index (χ4v) is 4.71. The van der Waals surface area contributed by atoms with Crippen molar-refractivity contribution in [1.82, 2.24) is 30.2 Å². The van der Waals surface area contributed by atoms with Gasteiger partial charge in [0.1, 0.15) is 24.3 Å². The molecule has 0 aromatic rings. The zero-order valence-electron chi connectivity index (χ0n) is 33.0. The molecule has 1 saturated heterocycles. The molecule has 0 bridgehead atoms. The second kappa shape index (κ2) is 19.6. The largest absolute Gasteiger partial charge is 0.459 e. The van der Waals surface area contributed by atoms with Crippen LogP contribution in [0, 0.1) is 10.8 Å². The predicted molar refractivity (Wildman–Crippen MR) is 192 cm³/mol. The lowest BCUT2D eigenvalue weighted by Gasteiger charge is -2.35. The van der Waals surface area contributed by atoms with E-state index < -0.39 is 34.0 Å². The third-order valence-electron chi connectivity index (χ3n) is 7.77. The van der Waals surface area contributed by atoms with E-state index in [1.54, 1.807) is 41.5 Å². The molecule has 0 saturated carbocycles. The molecule has 1 fully saturated rings. The Morgan fingerprint density at radius 2 is 0.680 bits per heavy atom. The molecule has 1 aliphatic rings. The van der Waals surface area contributed by atoms with E-state index in [9.17, 15) is 28.8 Å². The quantitative estimate of drug-likeness (QED) is 0.281. The van der Waals surface area contributed by atoms with Crippen LogP contribution in [0.25, 0.3) is 0 Å². The summed E-state index contributed by atoms with van der Waals surface area (Å²) >= 11 is 0. The molecule has 0 unspecified atom stereocenters. The first kappa shape index (κ1) is 45.1. The normalized spacial score (nSPS) is 17.2. The molecule has 0 spiro atoms. The number of esters is 2. The van der Waals surface area contributed by atoms with E-state index in [0.29, 0.717) is 52.4 Å². The van der Waals surface area contributed by atoms with Gasteiger partial charge in [-0.25, -0.2) is 0 Å². The summed E-state index contributed by atoms with van der Waals surface area (Å²) in [4.78, 5) is 84.6. The zero-order chi connectivity index (χ0) is 38.5. The number of carbonyl (C=O) groups is 6. The van der Waals surface area contributed by atoms with Crippen molar-refractivity contribution < 1.29 is 38.2 Å². The monoisotopic (exact) mass is 710 g/mol. The van der Waals surface area contributed by atoms with Gasteiger partial charge in [-0.1, -0.05) is 41.5 Å². The highest BCUT2D eigenvalue weighted by atomic mass is 16.6. The summed E-state index contributed by atoms with van der Waals surface area (Å²) in [6.07, 6.45) is 0. The summed E-state index contributed by atoms with van der Waals surface area (Å²) in [6, 6.07) is 0. The maximum absolute atomic E-state index is 13.1. The molecule has 2 N–H and O–H groups in total. The van der Waals surface area contributed by atoms with Crippen molar-refractivity contribution in [3.63, 3.8) is 0 Å². The Morgan fingerprint density at radius 3 is 0.900 bits per heavy atom. The van der Waals surface area contributed by atoms with E-state index in [1.165, 1.54) is 0 Å². The van der Waals surface area contributed by atoms with Gasteiger partial charge in [-0.3, -0.25) is 48.4 Å². The minimum atomic E-state index is -0.666. The van der Waals surface area contributed by atoms with Crippen LogP contribution in [0.1, 0.15) is 83.1 Å². The van der Waals surface area contributed by atoms with Gasteiger partial charge < -0.3 is 20.1 Å². The van der Waals surface area contributed by atoms with Gasteiger partial charge in [-0.15, -0.1) is 0 Å². The van der Waals surface area contributed by atoms with E-state index in [4.69, 9.17) is 9.47 Å². The molecule has 14 nitrogen and oxygen atoms in total. The van der Waals surface area contributed by atoms with Crippen LogP contribution in [-0.4, -0.2) is 158 Å². The average Bonchev–Trinajstić information content (AvgIpc) is 2.93. The molecule has 14 heteroatoms. The number of carbonyl (C=O) groups excluding carboxylic acids is 6. The van der Waals surface area contributed by atoms with Gasteiger partial charge in [0.2, 0.25) is 11.8 Å². The Labute approximate surface area is 300 Å². The zero-order valence-corrected chi connectivity index (χ0v) is 33.0. The first-order valence-corrected chi connectivity index (χ1v) is 17.7. The predicted octanol–water partition coefficient (Wildman–Crippen LogP) is 1.35. The van der Waals surface area contributed by atoms with Gasteiger partial charge in [0.05, 0.1) is 26.2 Å². The smallest absolute Gasteiger partial charge is 0.325 e. The van der Waals surface area contributed by atoms with Crippen LogP contribution in [0.3, 0.4) is 0 Å². The number of hydrogen-bond acceptors (Lipinski definition) is 12. The molecular formula is C36H66N6O8. The maximum atomic E-state index is 13.1. The van der Waals surface area contributed by atoms with Crippen LogP contribution < -0.4 is 10.6 Å². The highest BCUT2D eigenvalue weighted by Crippen LogP contribution is 2.17. The lowest BCUT2D eigenvalue weighted by molar-refractivity contribution is -0.155. The molecule has 0 aromatic heterocycles. The van der Waals surface area contributed by atoms with Crippen molar-refractivity contribution in [3.05, 3.63) is 0 Å². The van der Waals surface area contributed by atoms with Gasteiger partial charge in [-0.05, 0) is 41.5 Å². The molecular weight excluding hydrogens is 644 g/mol. The standard InChI is InChI=1S/C36H66N6O8/c1-33(2,3)27(43)23-39-13-17-41(25-29(45)37-21-31(47)49-35(7,8)9)19-15-40(24-28(44)34(4,5)6)16-20-42(18-14-39)26-30(46)38-22-32(48)50-36(10,11)12/h13-26H2,1-12H3,(H,37,45)(H,38,46). The minimum absolute atomic E-state index is 0.0227. The third kappa shape index (κ3) is 20.7. The molecule has 1 aliphatic heterocycles. The van der Waals surface area contributed by atoms with Gasteiger partial charge in [-0.2, -0.15) is 0 Å². The summed E-state index contributed by atoms with van der Waals surface area (Å²) in [5.41, 5.74) is -2.43. The Balaban J connectivity index is 3.19. The van der Waals surface area contributed by atoms with Gasteiger partial charge in [0.15, 0.2) is 11.6 Å². The Kier molecular flexibility index (Phi) is 17.7. The summed E-state index contributed by atoms with van der Waals surface area (Å²) in [7, 11) is 0. The van der Waals surface area contributed by atoms with Crippen molar-refractivity contribution in [2.24, 2.45) is 10.8 Å². The van der Waals surface area contributed by atoms with Crippen molar-refractivity contribution in [3.8, 4) is 0 Å². The highest BCUT2D eigenvalue weighted by molar-refractivity contribution is 5.86. The number of rotatable bonds is 12. The van der Waals surface area contributed by atoms with Crippen LogP contribution in [-0.2, 0) is 38.2 Å². The summed E-state index contributed by atoms with van der Waals surface area (Å²) in [5, 5.41) is 5.31. The van der Waals surface area contributed by atoms with Gasteiger partial charge >= 0.3 is 11.9 Å². The number of nitrogens with zero attached hydrogens (tertiary/aromatic N) is 4. The summed E-state index contributed by atoms with van der Waals surface area (Å²) in [6.45, 7) is 25.5.